The number of aromatic nitrogens is 1. The second-order valence-corrected chi connectivity index (χ2v) is 9.71. The van der Waals surface area contributed by atoms with E-state index in [9.17, 15) is 0 Å². The second-order valence-electron chi connectivity index (χ2n) is 9.71. The van der Waals surface area contributed by atoms with E-state index in [1.807, 2.05) is 36.7 Å². The minimum atomic E-state index is 0.527. The van der Waals surface area contributed by atoms with Gasteiger partial charge in [-0.25, -0.2) is 0 Å². The van der Waals surface area contributed by atoms with Crippen molar-refractivity contribution in [3.8, 4) is 17.2 Å². The average molecular weight is 465 g/mol. The lowest BCUT2D eigenvalue weighted by Gasteiger charge is -2.33. The van der Waals surface area contributed by atoms with Gasteiger partial charge in [-0.1, -0.05) is 13.3 Å². The molecule has 34 heavy (non-hydrogen) atoms. The fourth-order valence-electron chi connectivity index (χ4n) is 4.83. The third kappa shape index (κ3) is 7.30. The molecular formula is C27H40BN3O3. The number of hydrogen-bond acceptors (Lipinski definition) is 6. The molecular weight excluding hydrogens is 425 g/mol. The lowest BCUT2D eigenvalue weighted by molar-refractivity contribution is 0.235. The first-order valence-corrected chi connectivity index (χ1v) is 13.1. The molecule has 2 fully saturated rings. The molecule has 0 N–H and O–H groups in total. The molecule has 0 aliphatic carbocycles. The van der Waals surface area contributed by atoms with E-state index in [-0.39, 0.29) is 0 Å². The summed E-state index contributed by atoms with van der Waals surface area (Å²) in [5, 5.41) is 0. The first kappa shape index (κ1) is 24.7. The predicted octanol–water partition coefficient (Wildman–Crippen LogP) is 4.34. The standard InChI is InChI=1S/C27H40BN3O3/c1-2-3-16-32-25-6-8-26(9-7-25)33-17-12-22-10-14-30(15-11-22)24-18-27(20-29-19-24)34-21-23-5-4-13-31(23)28/h6-9,18-20,22-23H,2-5,10-17,21,28H2,1H3/t23-/m0/s1. The summed E-state index contributed by atoms with van der Waals surface area (Å²) in [5.41, 5.74) is 1.17. The van der Waals surface area contributed by atoms with Crippen LogP contribution in [0, 0.1) is 5.92 Å². The Morgan fingerprint density at radius 1 is 0.912 bits per heavy atom. The van der Waals surface area contributed by atoms with Gasteiger partial charge < -0.3 is 23.9 Å². The number of pyridine rings is 1. The maximum absolute atomic E-state index is 6.08. The second kappa shape index (κ2) is 12.9. The van der Waals surface area contributed by atoms with Gasteiger partial charge in [0, 0.05) is 25.2 Å². The Morgan fingerprint density at radius 3 is 2.32 bits per heavy atom. The third-order valence-electron chi connectivity index (χ3n) is 7.18. The van der Waals surface area contributed by atoms with Crippen molar-refractivity contribution in [2.75, 3.05) is 44.4 Å². The number of unbranched alkanes of at least 4 members (excludes halogenated alkanes) is 1. The Bertz CT molecular complexity index is 858. The molecule has 184 valence electrons. The van der Waals surface area contributed by atoms with Gasteiger partial charge in [-0.2, -0.15) is 0 Å². The first-order chi connectivity index (χ1) is 16.7. The molecule has 2 aliphatic heterocycles. The number of benzene rings is 1. The lowest BCUT2D eigenvalue weighted by atomic mass is 9.94. The maximum atomic E-state index is 6.08. The van der Waals surface area contributed by atoms with Crippen molar-refractivity contribution in [1.29, 1.82) is 0 Å². The summed E-state index contributed by atoms with van der Waals surface area (Å²) in [7, 11) is 2.19. The molecule has 1 atom stereocenters. The van der Waals surface area contributed by atoms with Gasteiger partial charge in [-0.3, -0.25) is 4.98 Å². The van der Waals surface area contributed by atoms with Crippen LogP contribution in [-0.4, -0.2) is 63.3 Å². The highest BCUT2D eigenvalue weighted by Gasteiger charge is 2.22. The van der Waals surface area contributed by atoms with Crippen LogP contribution in [0.3, 0.4) is 0 Å². The Balaban J connectivity index is 1.15. The van der Waals surface area contributed by atoms with Gasteiger partial charge in [0.1, 0.15) is 23.9 Å². The molecule has 4 rings (SSSR count). The smallest absolute Gasteiger partial charge is 0.185 e. The number of ether oxygens (including phenoxy) is 3. The number of nitrogens with zero attached hydrogens (tertiary/aromatic N) is 3. The minimum absolute atomic E-state index is 0.527. The summed E-state index contributed by atoms with van der Waals surface area (Å²) in [6.07, 6.45) is 12.0. The van der Waals surface area contributed by atoms with Crippen molar-refractivity contribution < 1.29 is 14.2 Å². The minimum Gasteiger partial charge on any atom is -0.494 e. The number of anilines is 1. The number of rotatable bonds is 12. The molecule has 2 saturated heterocycles. The van der Waals surface area contributed by atoms with Crippen LogP contribution in [0.25, 0.3) is 0 Å². The van der Waals surface area contributed by atoms with Crippen molar-refractivity contribution in [3.05, 3.63) is 42.7 Å². The summed E-state index contributed by atoms with van der Waals surface area (Å²) in [5.74, 6) is 3.43. The molecule has 1 aromatic carbocycles. The normalized spacial score (nSPS) is 19.3. The molecule has 0 bridgehead atoms. The Kier molecular flexibility index (Phi) is 9.37. The maximum Gasteiger partial charge on any atom is 0.185 e. The summed E-state index contributed by atoms with van der Waals surface area (Å²) in [4.78, 5) is 9.28. The van der Waals surface area contributed by atoms with Gasteiger partial charge in [0.25, 0.3) is 0 Å². The Labute approximate surface area is 206 Å². The van der Waals surface area contributed by atoms with Gasteiger partial charge in [-0.05, 0) is 75.3 Å². The third-order valence-corrected chi connectivity index (χ3v) is 7.18. The van der Waals surface area contributed by atoms with Crippen LogP contribution < -0.4 is 19.1 Å². The molecule has 2 aliphatic rings. The van der Waals surface area contributed by atoms with Crippen LogP contribution in [0.1, 0.15) is 51.9 Å². The highest BCUT2D eigenvalue weighted by atomic mass is 16.5. The highest BCUT2D eigenvalue weighted by molar-refractivity contribution is 6.04. The van der Waals surface area contributed by atoms with Gasteiger partial charge in [0.2, 0.25) is 0 Å². The van der Waals surface area contributed by atoms with Crippen LogP contribution in [0.4, 0.5) is 5.69 Å². The highest BCUT2D eigenvalue weighted by Crippen LogP contribution is 2.28. The van der Waals surface area contributed by atoms with Crippen molar-refractivity contribution >= 4 is 13.7 Å². The van der Waals surface area contributed by atoms with Crippen molar-refractivity contribution in [3.63, 3.8) is 0 Å². The predicted molar refractivity (Wildman–Crippen MR) is 140 cm³/mol. The van der Waals surface area contributed by atoms with Crippen LogP contribution in [-0.2, 0) is 0 Å². The SMILES string of the molecule is BN1CCC[C@H]1COc1cncc(N2CCC(CCOc3ccc(OCCCC)cc3)CC2)c1. The molecule has 6 nitrogen and oxygen atoms in total. The van der Waals surface area contributed by atoms with Crippen molar-refractivity contribution in [2.24, 2.45) is 5.92 Å². The van der Waals surface area contributed by atoms with Gasteiger partial charge in [0.15, 0.2) is 7.98 Å². The molecule has 1 aromatic heterocycles. The summed E-state index contributed by atoms with van der Waals surface area (Å²) < 4.78 is 17.8. The van der Waals surface area contributed by atoms with Crippen LogP contribution in [0.2, 0.25) is 0 Å². The largest absolute Gasteiger partial charge is 0.494 e. The van der Waals surface area contributed by atoms with E-state index in [0.29, 0.717) is 12.0 Å². The number of piperidine rings is 1. The van der Waals surface area contributed by atoms with E-state index in [4.69, 9.17) is 14.2 Å². The molecule has 0 unspecified atom stereocenters. The van der Waals surface area contributed by atoms with E-state index in [1.165, 1.54) is 37.9 Å². The molecule has 0 amide bonds. The van der Waals surface area contributed by atoms with Crippen LogP contribution in [0.15, 0.2) is 42.7 Å². The van der Waals surface area contributed by atoms with E-state index in [2.05, 4.69) is 35.7 Å². The molecule has 0 radical (unpaired) electrons. The zero-order valence-electron chi connectivity index (χ0n) is 21.0. The first-order valence-electron chi connectivity index (χ1n) is 13.1. The van der Waals surface area contributed by atoms with E-state index in [1.54, 1.807) is 0 Å². The topological polar surface area (TPSA) is 47.1 Å². The van der Waals surface area contributed by atoms with E-state index >= 15 is 0 Å². The number of hydrogen-bond donors (Lipinski definition) is 0. The van der Waals surface area contributed by atoms with Gasteiger partial charge in [-0.15, -0.1) is 0 Å². The fraction of sp³-hybridized carbons (Fsp3) is 0.593. The summed E-state index contributed by atoms with van der Waals surface area (Å²) in [6.45, 7) is 7.76. The summed E-state index contributed by atoms with van der Waals surface area (Å²) in [6, 6.07) is 10.7. The molecule has 0 spiro atoms. The Hall–Kier alpha value is -2.41. The monoisotopic (exact) mass is 465 g/mol. The zero-order valence-corrected chi connectivity index (χ0v) is 21.0. The van der Waals surface area contributed by atoms with E-state index < -0.39 is 0 Å². The summed E-state index contributed by atoms with van der Waals surface area (Å²) >= 11 is 0. The van der Waals surface area contributed by atoms with E-state index in [0.717, 1.165) is 69.4 Å². The Morgan fingerprint density at radius 2 is 1.65 bits per heavy atom. The molecule has 3 heterocycles. The van der Waals surface area contributed by atoms with Gasteiger partial charge in [0.05, 0.1) is 31.3 Å². The lowest BCUT2D eigenvalue weighted by Crippen LogP contribution is -2.34. The van der Waals surface area contributed by atoms with Crippen LogP contribution >= 0.6 is 0 Å². The average Bonchev–Trinajstić information content (AvgIpc) is 3.29. The van der Waals surface area contributed by atoms with Gasteiger partial charge >= 0.3 is 0 Å². The molecule has 0 saturated carbocycles. The fourth-order valence-corrected chi connectivity index (χ4v) is 4.83. The zero-order chi connectivity index (χ0) is 23.6. The quantitative estimate of drug-likeness (QED) is 0.344. The molecule has 7 heteroatoms. The van der Waals surface area contributed by atoms with Crippen molar-refractivity contribution in [1.82, 2.24) is 9.79 Å². The molecule has 2 aromatic rings. The van der Waals surface area contributed by atoms with Crippen molar-refractivity contribution in [2.45, 2.75) is 57.9 Å². The van der Waals surface area contributed by atoms with Crippen LogP contribution in [0.5, 0.6) is 17.2 Å².